The number of carbonyl (C=O) groups is 1. The summed E-state index contributed by atoms with van der Waals surface area (Å²) in [6.07, 6.45) is 16.2. The zero-order chi connectivity index (χ0) is 18.2. The number of benzene rings is 1. The van der Waals surface area contributed by atoms with Crippen LogP contribution < -0.4 is 5.32 Å². The van der Waals surface area contributed by atoms with Gasteiger partial charge in [0, 0.05) is 17.5 Å². The van der Waals surface area contributed by atoms with Crippen molar-refractivity contribution in [2.75, 3.05) is 6.54 Å². The minimum Gasteiger partial charge on any atom is -0.310 e. The van der Waals surface area contributed by atoms with Crippen LogP contribution in [0.1, 0.15) is 100 Å². The molecule has 0 spiro atoms. The Bertz CT molecular complexity index is 561. The molecule has 0 radical (unpaired) electrons. The van der Waals surface area contributed by atoms with Crippen LogP contribution in [0, 0.1) is 5.92 Å². The summed E-state index contributed by atoms with van der Waals surface area (Å²) in [6.45, 7) is 0.991. The molecule has 2 aliphatic carbocycles. The molecule has 0 aliphatic heterocycles. The molecule has 144 valence electrons. The van der Waals surface area contributed by atoms with E-state index in [0.717, 1.165) is 29.3 Å². The highest BCUT2D eigenvalue weighted by Crippen LogP contribution is 2.37. The zero-order valence-electron chi connectivity index (χ0n) is 16.0. The Labute approximate surface area is 164 Å². The summed E-state index contributed by atoms with van der Waals surface area (Å²) in [5, 5.41) is 4.51. The Kier molecular flexibility index (Phi) is 8.01. The molecular formula is C23H34ClNO. The Morgan fingerprint density at radius 3 is 2.38 bits per heavy atom. The molecule has 1 N–H and O–H groups in total. The summed E-state index contributed by atoms with van der Waals surface area (Å²) < 4.78 is 0. The number of halogens is 1. The first-order valence-electron chi connectivity index (χ1n) is 10.7. The summed E-state index contributed by atoms with van der Waals surface area (Å²) in [4.78, 5) is 11.2. The largest absolute Gasteiger partial charge is 0.310 e. The van der Waals surface area contributed by atoms with E-state index in [1.165, 1.54) is 76.2 Å². The van der Waals surface area contributed by atoms with Crippen LogP contribution in [-0.2, 0) is 4.79 Å². The summed E-state index contributed by atoms with van der Waals surface area (Å²) in [7, 11) is 0. The van der Waals surface area contributed by atoms with Crippen molar-refractivity contribution in [3.8, 4) is 0 Å². The van der Waals surface area contributed by atoms with Crippen molar-refractivity contribution in [1.82, 2.24) is 5.32 Å². The van der Waals surface area contributed by atoms with Gasteiger partial charge in [-0.05, 0) is 54.8 Å². The van der Waals surface area contributed by atoms with Crippen molar-refractivity contribution in [3.05, 3.63) is 34.3 Å². The molecule has 0 amide bonds. The van der Waals surface area contributed by atoms with Gasteiger partial charge in [-0.15, -0.1) is 0 Å². The first kappa shape index (κ1) is 19.9. The second-order valence-electron chi connectivity index (χ2n) is 8.32. The molecule has 2 fully saturated rings. The monoisotopic (exact) mass is 375 g/mol. The maximum Gasteiger partial charge on any atom is 0.121 e. The van der Waals surface area contributed by atoms with E-state index in [9.17, 15) is 4.79 Å². The Balaban J connectivity index is 1.59. The number of rotatable bonds is 8. The number of hydrogen-bond donors (Lipinski definition) is 1. The van der Waals surface area contributed by atoms with E-state index in [1.807, 2.05) is 0 Å². The van der Waals surface area contributed by atoms with E-state index in [2.05, 4.69) is 23.5 Å². The lowest BCUT2D eigenvalue weighted by Gasteiger charge is -2.25. The molecule has 3 heteroatoms. The van der Waals surface area contributed by atoms with Gasteiger partial charge < -0.3 is 10.1 Å². The quantitative estimate of drug-likeness (QED) is 0.520. The normalized spacial score (nSPS) is 20.8. The fraction of sp³-hybridized carbons (Fsp3) is 0.696. The standard InChI is InChI=1S/C23H34ClNO/c24-22-17-20(11-12-21(22)19-9-5-2-6-10-19)23(14-16-26)25-15-13-18-7-3-1-4-8-18/h11-12,16-19,23,25H,1-10,13-15H2. The van der Waals surface area contributed by atoms with E-state index >= 15 is 0 Å². The van der Waals surface area contributed by atoms with Gasteiger partial charge >= 0.3 is 0 Å². The van der Waals surface area contributed by atoms with Gasteiger partial charge in [-0.25, -0.2) is 0 Å². The molecule has 2 nitrogen and oxygen atoms in total. The minimum absolute atomic E-state index is 0.0917. The van der Waals surface area contributed by atoms with Gasteiger partial charge in [-0.1, -0.05) is 75.1 Å². The van der Waals surface area contributed by atoms with Crippen LogP contribution in [0.4, 0.5) is 0 Å². The van der Waals surface area contributed by atoms with Crippen molar-refractivity contribution < 1.29 is 4.79 Å². The lowest BCUT2D eigenvalue weighted by Crippen LogP contribution is -2.25. The molecular weight excluding hydrogens is 342 g/mol. The highest BCUT2D eigenvalue weighted by molar-refractivity contribution is 6.31. The molecule has 1 aromatic rings. The number of carbonyl (C=O) groups excluding carboxylic acids is 1. The van der Waals surface area contributed by atoms with E-state index in [1.54, 1.807) is 0 Å². The van der Waals surface area contributed by atoms with Crippen molar-refractivity contribution in [3.63, 3.8) is 0 Å². The summed E-state index contributed by atoms with van der Waals surface area (Å²) in [5.74, 6) is 1.49. The van der Waals surface area contributed by atoms with Gasteiger partial charge in [0.25, 0.3) is 0 Å². The Morgan fingerprint density at radius 2 is 1.73 bits per heavy atom. The van der Waals surface area contributed by atoms with Gasteiger partial charge in [-0.3, -0.25) is 0 Å². The van der Waals surface area contributed by atoms with Gasteiger partial charge in [0.1, 0.15) is 6.29 Å². The molecule has 2 aliphatic rings. The summed E-state index contributed by atoms with van der Waals surface area (Å²) in [5.41, 5.74) is 2.47. The van der Waals surface area contributed by atoms with Crippen LogP contribution in [0.5, 0.6) is 0 Å². The predicted octanol–water partition coefficient (Wildman–Crippen LogP) is 6.58. The third-order valence-corrected chi connectivity index (χ3v) is 6.80. The first-order valence-corrected chi connectivity index (χ1v) is 11.1. The van der Waals surface area contributed by atoms with Crippen LogP contribution in [-0.4, -0.2) is 12.8 Å². The van der Waals surface area contributed by atoms with Crippen molar-refractivity contribution in [2.45, 2.75) is 89.0 Å². The van der Waals surface area contributed by atoms with Crippen LogP contribution in [0.3, 0.4) is 0 Å². The van der Waals surface area contributed by atoms with Gasteiger partial charge in [0.2, 0.25) is 0 Å². The number of hydrogen-bond acceptors (Lipinski definition) is 2. The minimum atomic E-state index is 0.0917. The SMILES string of the molecule is O=CCC(NCCC1CCCCC1)c1ccc(C2CCCCC2)c(Cl)c1. The number of aldehydes is 1. The first-order chi connectivity index (χ1) is 12.8. The van der Waals surface area contributed by atoms with Gasteiger partial charge in [-0.2, -0.15) is 0 Å². The highest BCUT2D eigenvalue weighted by atomic mass is 35.5. The third-order valence-electron chi connectivity index (χ3n) is 6.47. The average Bonchev–Trinajstić information content (AvgIpc) is 2.69. The van der Waals surface area contributed by atoms with E-state index in [0.29, 0.717) is 12.3 Å². The zero-order valence-corrected chi connectivity index (χ0v) is 16.8. The molecule has 1 aromatic carbocycles. The lowest BCUT2D eigenvalue weighted by molar-refractivity contribution is -0.108. The molecule has 3 rings (SSSR count). The summed E-state index contributed by atoms with van der Waals surface area (Å²) >= 11 is 6.65. The maximum atomic E-state index is 11.2. The Hall–Kier alpha value is -0.860. The fourth-order valence-electron chi connectivity index (χ4n) is 4.88. The third kappa shape index (κ3) is 5.57. The average molecular weight is 376 g/mol. The van der Waals surface area contributed by atoms with E-state index in [4.69, 9.17) is 11.6 Å². The second kappa shape index (κ2) is 10.5. The molecule has 0 heterocycles. The van der Waals surface area contributed by atoms with E-state index < -0.39 is 0 Å². The highest BCUT2D eigenvalue weighted by Gasteiger charge is 2.20. The predicted molar refractivity (Wildman–Crippen MR) is 110 cm³/mol. The van der Waals surface area contributed by atoms with Crippen molar-refractivity contribution in [2.24, 2.45) is 5.92 Å². The molecule has 0 saturated heterocycles. The topological polar surface area (TPSA) is 29.1 Å². The van der Waals surface area contributed by atoms with Crippen molar-refractivity contribution in [1.29, 1.82) is 0 Å². The van der Waals surface area contributed by atoms with E-state index in [-0.39, 0.29) is 6.04 Å². The molecule has 26 heavy (non-hydrogen) atoms. The Morgan fingerprint density at radius 1 is 1.04 bits per heavy atom. The van der Waals surface area contributed by atoms with Crippen LogP contribution in [0.25, 0.3) is 0 Å². The molecule has 1 atom stereocenters. The molecule has 0 aromatic heterocycles. The molecule has 2 saturated carbocycles. The van der Waals surface area contributed by atoms with Gasteiger partial charge in [0.15, 0.2) is 0 Å². The van der Waals surface area contributed by atoms with Gasteiger partial charge in [0.05, 0.1) is 0 Å². The second-order valence-corrected chi connectivity index (χ2v) is 8.72. The van der Waals surface area contributed by atoms with Crippen molar-refractivity contribution >= 4 is 17.9 Å². The molecule has 0 bridgehead atoms. The fourth-order valence-corrected chi connectivity index (χ4v) is 5.22. The number of nitrogens with one attached hydrogen (secondary N) is 1. The van der Waals surface area contributed by atoms with Crippen LogP contribution >= 0.6 is 11.6 Å². The summed E-state index contributed by atoms with van der Waals surface area (Å²) in [6, 6.07) is 6.60. The molecule has 1 unspecified atom stereocenters. The maximum absolute atomic E-state index is 11.2. The lowest BCUT2D eigenvalue weighted by atomic mass is 9.83. The smallest absolute Gasteiger partial charge is 0.121 e. The van der Waals surface area contributed by atoms with Crippen LogP contribution in [0.15, 0.2) is 18.2 Å². The van der Waals surface area contributed by atoms with Crippen LogP contribution in [0.2, 0.25) is 5.02 Å².